The molecule has 0 atom stereocenters. The summed E-state index contributed by atoms with van der Waals surface area (Å²) in [5.41, 5.74) is 4.12. The van der Waals surface area contributed by atoms with Crippen molar-refractivity contribution in [1.29, 1.82) is 0 Å². The largest absolute Gasteiger partial charge is 0.326 e. The minimum atomic E-state index is -0.254. The first-order valence-electron chi connectivity index (χ1n) is 8.29. The minimum absolute atomic E-state index is 0.0862. The van der Waals surface area contributed by atoms with Gasteiger partial charge in [-0.2, -0.15) is 0 Å². The molecule has 0 unspecified atom stereocenters. The molecule has 0 aromatic heterocycles. The summed E-state index contributed by atoms with van der Waals surface area (Å²) in [5.74, 6) is -0.340. The molecule has 24 heavy (non-hydrogen) atoms. The Hall–Kier alpha value is -2.68. The van der Waals surface area contributed by atoms with Crippen molar-refractivity contribution in [1.82, 2.24) is 0 Å². The number of amides is 1. The lowest BCUT2D eigenvalue weighted by molar-refractivity contribution is -0.116. The fraction of sp³-hybridized carbons (Fsp3) is 0.190. The van der Waals surface area contributed by atoms with Crippen LogP contribution in [0.2, 0.25) is 0 Å². The monoisotopic (exact) mass is 319 g/mol. The van der Waals surface area contributed by atoms with Gasteiger partial charge in [-0.3, -0.25) is 4.79 Å². The van der Waals surface area contributed by atoms with Crippen LogP contribution in [0, 0.1) is 5.82 Å². The van der Waals surface area contributed by atoms with Crippen LogP contribution in [-0.4, -0.2) is 5.91 Å². The average molecular weight is 319 g/mol. The number of nitrogens with one attached hydrogen (secondary N) is 1. The Kier molecular flexibility index (Phi) is 3.77. The van der Waals surface area contributed by atoms with E-state index >= 15 is 0 Å². The maximum absolute atomic E-state index is 13.6. The Morgan fingerprint density at radius 1 is 0.958 bits per heavy atom. The van der Waals surface area contributed by atoms with Crippen molar-refractivity contribution in [2.45, 2.75) is 25.7 Å². The molecule has 0 radical (unpaired) electrons. The summed E-state index contributed by atoms with van der Waals surface area (Å²) in [5, 5.41) is 5.38. The molecule has 0 aliphatic heterocycles. The van der Waals surface area contributed by atoms with E-state index in [1.807, 2.05) is 12.1 Å². The van der Waals surface area contributed by atoms with Crippen molar-refractivity contribution in [2.24, 2.45) is 0 Å². The van der Waals surface area contributed by atoms with E-state index in [9.17, 15) is 9.18 Å². The van der Waals surface area contributed by atoms with E-state index in [1.54, 1.807) is 18.2 Å². The summed E-state index contributed by atoms with van der Waals surface area (Å²) in [4.78, 5) is 12.3. The van der Waals surface area contributed by atoms with E-state index in [-0.39, 0.29) is 18.1 Å². The van der Waals surface area contributed by atoms with Gasteiger partial charge in [-0.15, -0.1) is 0 Å². The Morgan fingerprint density at radius 2 is 1.75 bits per heavy atom. The van der Waals surface area contributed by atoms with E-state index in [4.69, 9.17) is 0 Å². The van der Waals surface area contributed by atoms with Gasteiger partial charge in [0.1, 0.15) is 5.82 Å². The Labute approximate surface area is 140 Å². The first-order chi connectivity index (χ1) is 11.7. The molecule has 1 aliphatic rings. The van der Waals surface area contributed by atoms with Crippen molar-refractivity contribution >= 4 is 22.4 Å². The number of anilines is 1. The van der Waals surface area contributed by atoms with Gasteiger partial charge >= 0.3 is 0 Å². The molecule has 2 nitrogen and oxygen atoms in total. The molecule has 3 aromatic rings. The second-order valence-electron chi connectivity index (χ2n) is 6.25. The first kappa shape index (κ1) is 14.9. The number of rotatable bonds is 4. The third-order valence-corrected chi connectivity index (χ3v) is 4.73. The van der Waals surface area contributed by atoms with Crippen LogP contribution >= 0.6 is 0 Å². The standard InChI is InChI=1S/C21H18FNO/c22-18-7-2-1-4-14(18)11-13-20(24)23-19-12-10-16-9-8-15-5-3-6-17(19)21(15)16/h1-7,10,12H,8-9,11,13H2,(H,23,24). The smallest absolute Gasteiger partial charge is 0.224 e. The van der Waals surface area contributed by atoms with Gasteiger partial charge in [0.25, 0.3) is 0 Å². The zero-order chi connectivity index (χ0) is 16.5. The van der Waals surface area contributed by atoms with Crippen LogP contribution in [0.25, 0.3) is 10.8 Å². The van der Waals surface area contributed by atoms with Crippen LogP contribution in [0.4, 0.5) is 10.1 Å². The molecule has 120 valence electrons. The number of hydrogen-bond donors (Lipinski definition) is 1. The van der Waals surface area contributed by atoms with E-state index in [1.165, 1.54) is 22.6 Å². The predicted octanol–water partition coefficient (Wildman–Crippen LogP) is 4.65. The molecular formula is C21H18FNO. The van der Waals surface area contributed by atoms with Crippen molar-refractivity contribution in [3.63, 3.8) is 0 Å². The Morgan fingerprint density at radius 3 is 2.58 bits per heavy atom. The summed E-state index contributed by atoms with van der Waals surface area (Å²) >= 11 is 0. The number of benzene rings is 3. The quantitative estimate of drug-likeness (QED) is 0.745. The minimum Gasteiger partial charge on any atom is -0.326 e. The molecule has 0 saturated carbocycles. The zero-order valence-corrected chi connectivity index (χ0v) is 13.3. The fourth-order valence-electron chi connectivity index (χ4n) is 3.52. The Balaban J connectivity index is 1.53. The third kappa shape index (κ3) is 2.67. The number of aryl methyl sites for hydroxylation is 3. The van der Waals surface area contributed by atoms with Gasteiger partial charge in [-0.1, -0.05) is 42.5 Å². The molecule has 4 rings (SSSR count). The highest BCUT2D eigenvalue weighted by atomic mass is 19.1. The van der Waals surface area contributed by atoms with Crippen molar-refractivity contribution < 1.29 is 9.18 Å². The van der Waals surface area contributed by atoms with Crippen LogP contribution in [0.1, 0.15) is 23.1 Å². The van der Waals surface area contributed by atoms with E-state index in [2.05, 4.69) is 23.5 Å². The molecule has 0 heterocycles. The normalized spacial score (nSPS) is 12.5. The number of hydrogen-bond acceptors (Lipinski definition) is 1. The second kappa shape index (κ2) is 6.08. The predicted molar refractivity (Wildman–Crippen MR) is 94.7 cm³/mol. The van der Waals surface area contributed by atoms with Gasteiger partial charge in [0.05, 0.1) is 0 Å². The molecule has 0 fully saturated rings. The van der Waals surface area contributed by atoms with Gasteiger partial charge in [0.15, 0.2) is 0 Å². The van der Waals surface area contributed by atoms with Gasteiger partial charge in [0.2, 0.25) is 5.91 Å². The van der Waals surface area contributed by atoms with Crippen LogP contribution in [0.15, 0.2) is 54.6 Å². The molecule has 1 aliphatic carbocycles. The van der Waals surface area contributed by atoms with Crippen molar-refractivity contribution in [3.05, 3.63) is 77.1 Å². The zero-order valence-electron chi connectivity index (χ0n) is 13.3. The molecular weight excluding hydrogens is 301 g/mol. The Bertz CT molecular complexity index is 922. The lowest BCUT2D eigenvalue weighted by Gasteiger charge is -2.11. The van der Waals surface area contributed by atoms with E-state index in [0.717, 1.165) is 23.9 Å². The van der Waals surface area contributed by atoms with Gasteiger partial charge in [-0.05, 0) is 53.5 Å². The molecule has 1 N–H and O–H groups in total. The van der Waals surface area contributed by atoms with Gasteiger partial charge < -0.3 is 5.32 Å². The lowest BCUT2D eigenvalue weighted by atomic mass is 10.0. The van der Waals surface area contributed by atoms with Crippen molar-refractivity contribution in [3.8, 4) is 0 Å². The SMILES string of the molecule is O=C(CCc1ccccc1F)Nc1ccc2c3c(cccc13)CC2. The van der Waals surface area contributed by atoms with Crippen LogP contribution < -0.4 is 5.32 Å². The van der Waals surface area contributed by atoms with Gasteiger partial charge in [-0.25, -0.2) is 4.39 Å². The first-order valence-corrected chi connectivity index (χ1v) is 8.29. The average Bonchev–Trinajstić information content (AvgIpc) is 3.02. The highest BCUT2D eigenvalue weighted by Gasteiger charge is 2.16. The highest BCUT2D eigenvalue weighted by molar-refractivity contribution is 6.05. The summed E-state index contributed by atoms with van der Waals surface area (Å²) in [6.07, 6.45) is 2.80. The van der Waals surface area contributed by atoms with Crippen LogP contribution in [0.5, 0.6) is 0 Å². The van der Waals surface area contributed by atoms with Crippen LogP contribution in [0.3, 0.4) is 0 Å². The topological polar surface area (TPSA) is 29.1 Å². The van der Waals surface area contributed by atoms with Crippen LogP contribution in [-0.2, 0) is 24.1 Å². The summed E-state index contributed by atoms with van der Waals surface area (Å²) < 4.78 is 13.6. The number of carbonyl (C=O) groups excluding carboxylic acids is 1. The maximum Gasteiger partial charge on any atom is 0.224 e. The molecule has 0 saturated heterocycles. The summed E-state index contributed by atoms with van der Waals surface area (Å²) in [6, 6.07) is 16.9. The van der Waals surface area contributed by atoms with E-state index in [0.29, 0.717) is 12.0 Å². The van der Waals surface area contributed by atoms with Crippen molar-refractivity contribution in [2.75, 3.05) is 5.32 Å². The molecule has 0 bridgehead atoms. The summed E-state index contributed by atoms with van der Waals surface area (Å²) in [7, 11) is 0. The molecule has 3 aromatic carbocycles. The number of carbonyl (C=O) groups is 1. The van der Waals surface area contributed by atoms with Gasteiger partial charge in [0, 0.05) is 17.5 Å². The fourth-order valence-corrected chi connectivity index (χ4v) is 3.52. The highest BCUT2D eigenvalue weighted by Crippen LogP contribution is 2.35. The molecule has 0 spiro atoms. The second-order valence-corrected chi connectivity index (χ2v) is 6.25. The van der Waals surface area contributed by atoms with E-state index < -0.39 is 0 Å². The maximum atomic E-state index is 13.6. The third-order valence-electron chi connectivity index (χ3n) is 4.73. The lowest BCUT2D eigenvalue weighted by Crippen LogP contribution is -2.13. The molecule has 3 heteroatoms. The summed E-state index contributed by atoms with van der Waals surface area (Å²) in [6.45, 7) is 0. The molecule has 1 amide bonds. The number of halogens is 1.